The van der Waals surface area contributed by atoms with Gasteiger partial charge in [0.2, 0.25) is 0 Å². The first kappa shape index (κ1) is 15.7. The third-order valence-electron chi connectivity index (χ3n) is 3.28. The minimum absolute atomic E-state index is 0.0657. The second-order valence-electron chi connectivity index (χ2n) is 5.99. The van der Waals surface area contributed by atoms with Crippen molar-refractivity contribution in [2.75, 3.05) is 6.54 Å². The van der Waals surface area contributed by atoms with E-state index >= 15 is 0 Å². The van der Waals surface area contributed by atoms with E-state index in [2.05, 4.69) is 0 Å². The van der Waals surface area contributed by atoms with E-state index in [1.807, 2.05) is 0 Å². The Hall–Kier alpha value is -1.33. The molecule has 1 aliphatic heterocycles. The number of piperidine rings is 1. The molecule has 0 radical (unpaired) electrons. The maximum absolute atomic E-state index is 14.2. The summed E-state index contributed by atoms with van der Waals surface area (Å²) in [6, 6.07) is -1.16. The number of aliphatic carboxylic acids is 1. The van der Waals surface area contributed by atoms with Gasteiger partial charge >= 0.3 is 12.1 Å². The topological polar surface area (TPSA) is 66.8 Å². The Morgan fingerprint density at radius 1 is 1.47 bits per heavy atom. The second kappa shape index (κ2) is 5.35. The SMILES string of the molecule is CCC1(F)CCN(C(=O)OC(C)(C)C)C(C(=O)O)C1. The van der Waals surface area contributed by atoms with Crippen LogP contribution in [-0.2, 0) is 9.53 Å². The molecule has 0 saturated carbocycles. The number of carboxylic acid groups (broad SMARTS) is 1. The summed E-state index contributed by atoms with van der Waals surface area (Å²) in [4.78, 5) is 24.3. The highest BCUT2D eigenvalue weighted by Crippen LogP contribution is 2.34. The molecule has 5 nitrogen and oxygen atoms in total. The van der Waals surface area contributed by atoms with Crippen LogP contribution in [0.2, 0.25) is 0 Å². The number of carboxylic acids is 1. The highest BCUT2D eigenvalue weighted by Gasteiger charge is 2.45. The van der Waals surface area contributed by atoms with Gasteiger partial charge in [0, 0.05) is 13.0 Å². The Kier molecular flexibility index (Phi) is 4.43. The quantitative estimate of drug-likeness (QED) is 0.841. The molecule has 1 amide bonds. The predicted molar refractivity (Wildman–Crippen MR) is 67.7 cm³/mol. The van der Waals surface area contributed by atoms with E-state index in [4.69, 9.17) is 9.84 Å². The van der Waals surface area contributed by atoms with E-state index in [0.717, 1.165) is 4.90 Å². The Bertz CT molecular complexity index is 366. The van der Waals surface area contributed by atoms with Gasteiger partial charge in [-0.15, -0.1) is 0 Å². The average molecular weight is 275 g/mol. The van der Waals surface area contributed by atoms with Crippen LogP contribution in [0.5, 0.6) is 0 Å². The molecule has 1 aliphatic rings. The van der Waals surface area contributed by atoms with Crippen LogP contribution < -0.4 is 0 Å². The molecule has 6 heteroatoms. The monoisotopic (exact) mass is 275 g/mol. The third-order valence-corrected chi connectivity index (χ3v) is 3.28. The molecule has 0 spiro atoms. The molecule has 1 saturated heterocycles. The summed E-state index contributed by atoms with van der Waals surface area (Å²) < 4.78 is 19.4. The summed E-state index contributed by atoms with van der Waals surface area (Å²) in [6.07, 6.45) is -0.484. The molecule has 110 valence electrons. The van der Waals surface area contributed by atoms with E-state index in [1.54, 1.807) is 27.7 Å². The molecule has 0 aliphatic carbocycles. The van der Waals surface area contributed by atoms with Gasteiger partial charge in [-0.1, -0.05) is 6.92 Å². The number of rotatable bonds is 2. The number of hydrogen-bond donors (Lipinski definition) is 1. The Labute approximate surface area is 112 Å². The standard InChI is InChI=1S/C13H22FNO4/c1-5-13(14)6-7-15(9(8-13)10(16)17)11(18)19-12(2,3)4/h9H,5-8H2,1-4H3,(H,16,17). The van der Waals surface area contributed by atoms with E-state index in [9.17, 15) is 14.0 Å². The molecule has 2 atom stereocenters. The van der Waals surface area contributed by atoms with Crippen molar-refractivity contribution in [2.45, 2.75) is 64.3 Å². The average Bonchev–Trinajstić information content (AvgIpc) is 2.26. The number of alkyl halides is 1. The summed E-state index contributed by atoms with van der Waals surface area (Å²) in [5.74, 6) is -1.19. The van der Waals surface area contributed by atoms with Crippen LogP contribution in [0.4, 0.5) is 9.18 Å². The summed E-state index contributed by atoms with van der Waals surface area (Å²) in [7, 11) is 0. The largest absolute Gasteiger partial charge is 0.480 e. The number of likely N-dealkylation sites (tertiary alicyclic amines) is 1. The van der Waals surface area contributed by atoms with Crippen LogP contribution in [0.3, 0.4) is 0 Å². The van der Waals surface area contributed by atoms with Crippen LogP contribution in [0.1, 0.15) is 47.0 Å². The minimum Gasteiger partial charge on any atom is -0.480 e. The second-order valence-corrected chi connectivity index (χ2v) is 5.99. The van der Waals surface area contributed by atoms with Crippen molar-refractivity contribution < 1.29 is 23.8 Å². The van der Waals surface area contributed by atoms with Crippen molar-refractivity contribution in [3.8, 4) is 0 Å². The van der Waals surface area contributed by atoms with Crippen molar-refractivity contribution in [1.29, 1.82) is 0 Å². The van der Waals surface area contributed by atoms with Gasteiger partial charge in [-0.05, 0) is 33.6 Å². The lowest BCUT2D eigenvalue weighted by atomic mass is 9.86. The lowest BCUT2D eigenvalue weighted by Gasteiger charge is -2.40. The fourth-order valence-corrected chi connectivity index (χ4v) is 2.12. The molecule has 1 heterocycles. The molecule has 1 rings (SSSR count). The fourth-order valence-electron chi connectivity index (χ4n) is 2.12. The number of ether oxygens (including phenoxy) is 1. The highest BCUT2D eigenvalue weighted by atomic mass is 19.1. The number of hydrogen-bond acceptors (Lipinski definition) is 3. The van der Waals surface area contributed by atoms with Gasteiger partial charge in [-0.3, -0.25) is 4.90 Å². The summed E-state index contributed by atoms with van der Waals surface area (Å²) in [5, 5.41) is 9.17. The van der Waals surface area contributed by atoms with Gasteiger partial charge in [0.25, 0.3) is 0 Å². The third kappa shape index (κ3) is 4.08. The molecule has 0 bridgehead atoms. The predicted octanol–water partition coefficient (Wildman–Crippen LogP) is 2.59. The first-order valence-corrected chi connectivity index (χ1v) is 6.49. The lowest BCUT2D eigenvalue weighted by Crippen LogP contribution is -2.55. The van der Waals surface area contributed by atoms with Gasteiger partial charge in [0.05, 0.1) is 0 Å². The van der Waals surface area contributed by atoms with Crippen LogP contribution in [0.15, 0.2) is 0 Å². The van der Waals surface area contributed by atoms with Crippen LogP contribution >= 0.6 is 0 Å². The molecule has 1 fully saturated rings. The molecule has 2 unspecified atom stereocenters. The highest BCUT2D eigenvalue weighted by molar-refractivity contribution is 5.80. The zero-order chi connectivity index (χ0) is 14.8. The zero-order valence-electron chi connectivity index (χ0n) is 11.9. The number of carbonyl (C=O) groups excluding carboxylic acids is 1. The first-order valence-electron chi connectivity index (χ1n) is 6.49. The van der Waals surface area contributed by atoms with Gasteiger partial charge in [0.1, 0.15) is 17.3 Å². The normalized spacial score (nSPS) is 28.1. The van der Waals surface area contributed by atoms with Gasteiger partial charge < -0.3 is 9.84 Å². The summed E-state index contributed by atoms with van der Waals surface area (Å²) >= 11 is 0. The van der Waals surface area contributed by atoms with Crippen molar-refractivity contribution >= 4 is 12.1 Å². The van der Waals surface area contributed by atoms with Gasteiger partial charge in [-0.25, -0.2) is 14.0 Å². The maximum atomic E-state index is 14.2. The van der Waals surface area contributed by atoms with E-state index in [0.29, 0.717) is 0 Å². The van der Waals surface area contributed by atoms with Crippen LogP contribution in [0, 0.1) is 0 Å². The number of amides is 1. The van der Waals surface area contributed by atoms with E-state index in [1.165, 1.54) is 0 Å². The van der Waals surface area contributed by atoms with E-state index < -0.39 is 29.4 Å². The number of carbonyl (C=O) groups is 2. The molecular weight excluding hydrogens is 253 g/mol. The Morgan fingerprint density at radius 2 is 2.05 bits per heavy atom. The van der Waals surface area contributed by atoms with Crippen molar-refractivity contribution in [3.63, 3.8) is 0 Å². The Balaban J connectivity index is 2.83. The Morgan fingerprint density at radius 3 is 2.47 bits per heavy atom. The van der Waals surface area contributed by atoms with Crippen molar-refractivity contribution in [2.24, 2.45) is 0 Å². The first-order chi connectivity index (χ1) is 8.58. The van der Waals surface area contributed by atoms with Crippen molar-refractivity contribution in [3.05, 3.63) is 0 Å². The van der Waals surface area contributed by atoms with Crippen LogP contribution in [-0.4, -0.2) is 45.9 Å². The summed E-state index contributed by atoms with van der Waals surface area (Å²) in [6.45, 7) is 6.86. The molecular formula is C13H22FNO4. The number of halogens is 1. The zero-order valence-corrected chi connectivity index (χ0v) is 11.9. The summed E-state index contributed by atoms with van der Waals surface area (Å²) in [5.41, 5.74) is -2.21. The molecule has 1 N–H and O–H groups in total. The van der Waals surface area contributed by atoms with E-state index in [-0.39, 0.29) is 25.8 Å². The maximum Gasteiger partial charge on any atom is 0.411 e. The molecule has 0 aromatic carbocycles. The number of nitrogens with zero attached hydrogens (tertiary/aromatic N) is 1. The van der Waals surface area contributed by atoms with Gasteiger partial charge in [-0.2, -0.15) is 0 Å². The molecule has 0 aromatic rings. The minimum atomic E-state index is -1.51. The molecule has 19 heavy (non-hydrogen) atoms. The molecule has 0 aromatic heterocycles. The lowest BCUT2D eigenvalue weighted by molar-refractivity contribution is -0.147. The smallest absolute Gasteiger partial charge is 0.411 e. The van der Waals surface area contributed by atoms with Gasteiger partial charge in [0.15, 0.2) is 0 Å². The fraction of sp³-hybridized carbons (Fsp3) is 0.846. The van der Waals surface area contributed by atoms with Crippen molar-refractivity contribution in [1.82, 2.24) is 4.90 Å². The van der Waals surface area contributed by atoms with Crippen LogP contribution in [0.25, 0.3) is 0 Å².